The van der Waals surface area contributed by atoms with Crippen LogP contribution in [-0.4, -0.2) is 4.57 Å². The van der Waals surface area contributed by atoms with Crippen molar-refractivity contribution >= 4 is 43.7 Å². The largest absolute Gasteiger partial charge is 0.456 e. The number of furan rings is 1. The maximum absolute atomic E-state index is 6.37. The maximum Gasteiger partial charge on any atom is 0.139 e. The summed E-state index contributed by atoms with van der Waals surface area (Å²) in [4.78, 5) is 0. The van der Waals surface area contributed by atoms with Crippen molar-refractivity contribution < 1.29 is 4.42 Å². The van der Waals surface area contributed by atoms with Crippen molar-refractivity contribution in [3.05, 3.63) is 60.2 Å². The molecule has 2 nitrogen and oxygen atoms in total. The minimum absolute atomic E-state index is 0.0181. The van der Waals surface area contributed by atoms with Crippen molar-refractivity contribution in [3.8, 4) is 0 Å². The van der Waals surface area contributed by atoms with Crippen molar-refractivity contribution in [1.82, 2.24) is 4.57 Å². The van der Waals surface area contributed by atoms with Gasteiger partial charge in [0.05, 0.1) is 5.52 Å². The Morgan fingerprint density at radius 3 is 2.24 bits per heavy atom. The minimum Gasteiger partial charge on any atom is -0.456 e. The van der Waals surface area contributed by atoms with Gasteiger partial charge in [0.2, 0.25) is 0 Å². The van der Waals surface area contributed by atoms with E-state index in [0.717, 1.165) is 11.2 Å². The van der Waals surface area contributed by atoms with Gasteiger partial charge in [0.15, 0.2) is 0 Å². The zero-order chi connectivity index (χ0) is 17.3. The Labute approximate surface area is 146 Å². The van der Waals surface area contributed by atoms with E-state index >= 15 is 0 Å². The van der Waals surface area contributed by atoms with E-state index in [4.69, 9.17) is 4.42 Å². The molecule has 0 aliphatic heterocycles. The highest BCUT2D eigenvalue weighted by Crippen LogP contribution is 2.44. The third kappa shape index (κ3) is 1.85. The maximum atomic E-state index is 6.37. The molecule has 25 heavy (non-hydrogen) atoms. The molecule has 0 saturated carbocycles. The lowest BCUT2D eigenvalue weighted by atomic mass is 9.83. The summed E-state index contributed by atoms with van der Waals surface area (Å²) in [6.45, 7) is 6.82. The van der Waals surface area contributed by atoms with E-state index < -0.39 is 0 Å². The highest BCUT2D eigenvalue weighted by atomic mass is 16.3. The van der Waals surface area contributed by atoms with Gasteiger partial charge in [-0.15, -0.1) is 0 Å². The van der Waals surface area contributed by atoms with Crippen LogP contribution in [0.4, 0.5) is 0 Å². The summed E-state index contributed by atoms with van der Waals surface area (Å²) < 4.78 is 8.67. The minimum atomic E-state index is -0.0181. The van der Waals surface area contributed by atoms with E-state index in [2.05, 4.69) is 80.9 Å². The van der Waals surface area contributed by atoms with E-state index in [1.807, 2.05) is 6.07 Å². The van der Waals surface area contributed by atoms with E-state index in [0.29, 0.717) is 0 Å². The molecule has 2 aromatic heterocycles. The zero-order valence-electron chi connectivity index (χ0n) is 15.1. The van der Waals surface area contributed by atoms with Gasteiger partial charge in [0.1, 0.15) is 11.2 Å². The number of rotatable bonds is 0. The van der Waals surface area contributed by atoms with Crippen LogP contribution in [0, 0.1) is 0 Å². The summed E-state index contributed by atoms with van der Waals surface area (Å²) in [5, 5.41) is 5.01. The molecular weight excluding hydrogens is 306 g/mol. The molecule has 0 unspecified atom stereocenters. The van der Waals surface area contributed by atoms with Gasteiger partial charge in [0.25, 0.3) is 0 Å². The molecule has 0 N–H and O–H groups in total. The van der Waals surface area contributed by atoms with Crippen LogP contribution in [0.5, 0.6) is 0 Å². The normalized spacial score (nSPS) is 12.8. The molecule has 0 spiro atoms. The van der Waals surface area contributed by atoms with Crippen LogP contribution in [0.2, 0.25) is 0 Å². The fourth-order valence-electron chi connectivity index (χ4n) is 4.20. The molecule has 5 aromatic rings. The van der Waals surface area contributed by atoms with Gasteiger partial charge in [-0.05, 0) is 23.6 Å². The number of aryl methyl sites for hydroxylation is 1. The predicted molar refractivity (Wildman–Crippen MR) is 106 cm³/mol. The first-order valence-electron chi connectivity index (χ1n) is 8.78. The van der Waals surface area contributed by atoms with Gasteiger partial charge in [-0.1, -0.05) is 57.2 Å². The quantitative estimate of drug-likeness (QED) is 0.316. The zero-order valence-corrected chi connectivity index (χ0v) is 15.1. The molecule has 0 fully saturated rings. The van der Waals surface area contributed by atoms with Gasteiger partial charge in [-0.2, -0.15) is 0 Å². The second-order valence-corrected chi connectivity index (χ2v) is 7.95. The van der Waals surface area contributed by atoms with Crippen molar-refractivity contribution in [1.29, 1.82) is 0 Å². The van der Waals surface area contributed by atoms with Crippen molar-refractivity contribution in [2.45, 2.75) is 26.2 Å². The molecule has 0 amide bonds. The molecule has 0 atom stereocenters. The monoisotopic (exact) mass is 327 g/mol. The SMILES string of the molecule is Cn1c2ccccc2c2c(C(C)(C)C)c3oc4ccccc4c3cc21. The number of fused-ring (bicyclic) bond motifs is 6. The number of para-hydroxylation sites is 2. The highest BCUT2D eigenvalue weighted by molar-refractivity contribution is 6.19. The van der Waals surface area contributed by atoms with Crippen LogP contribution in [0.25, 0.3) is 43.7 Å². The van der Waals surface area contributed by atoms with Crippen molar-refractivity contribution in [3.63, 3.8) is 0 Å². The van der Waals surface area contributed by atoms with Crippen molar-refractivity contribution in [2.24, 2.45) is 7.05 Å². The fraction of sp³-hybridized carbons (Fsp3) is 0.217. The molecule has 0 bridgehead atoms. The van der Waals surface area contributed by atoms with Crippen LogP contribution in [0.15, 0.2) is 59.0 Å². The summed E-state index contributed by atoms with van der Waals surface area (Å²) in [5.74, 6) is 0. The molecule has 0 aliphatic carbocycles. The third-order valence-electron chi connectivity index (χ3n) is 5.29. The summed E-state index contributed by atoms with van der Waals surface area (Å²) in [6.07, 6.45) is 0. The first-order valence-corrected chi connectivity index (χ1v) is 8.78. The van der Waals surface area contributed by atoms with Gasteiger partial charge >= 0.3 is 0 Å². The smallest absolute Gasteiger partial charge is 0.139 e. The van der Waals surface area contributed by atoms with Crippen LogP contribution in [0.1, 0.15) is 26.3 Å². The lowest BCUT2D eigenvalue weighted by Crippen LogP contribution is -2.12. The Morgan fingerprint density at radius 2 is 1.48 bits per heavy atom. The van der Waals surface area contributed by atoms with Crippen LogP contribution in [0.3, 0.4) is 0 Å². The van der Waals surface area contributed by atoms with Gasteiger partial charge in [0, 0.05) is 39.7 Å². The van der Waals surface area contributed by atoms with E-state index in [1.165, 1.54) is 38.1 Å². The Morgan fingerprint density at radius 1 is 0.800 bits per heavy atom. The molecule has 2 heterocycles. The highest BCUT2D eigenvalue weighted by Gasteiger charge is 2.26. The predicted octanol–water partition coefficient (Wildman–Crippen LogP) is 6.53. The number of benzene rings is 3. The molecule has 124 valence electrons. The van der Waals surface area contributed by atoms with Crippen molar-refractivity contribution in [2.75, 3.05) is 0 Å². The lowest BCUT2D eigenvalue weighted by Gasteiger charge is -2.21. The van der Waals surface area contributed by atoms with E-state index in [-0.39, 0.29) is 5.41 Å². The second kappa shape index (κ2) is 4.66. The lowest BCUT2D eigenvalue weighted by molar-refractivity contribution is 0.578. The Kier molecular flexibility index (Phi) is 2.72. The number of nitrogens with zero attached hydrogens (tertiary/aromatic N) is 1. The van der Waals surface area contributed by atoms with E-state index in [1.54, 1.807) is 0 Å². The molecule has 5 rings (SSSR count). The number of hydrogen-bond donors (Lipinski definition) is 0. The molecule has 0 radical (unpaired) electrons. The molecule has 3 aromatic carbocycles. The average molecular weight is 327 g/mol. The molecular formula is C23H21NO. The Balaban J connectivity index is 2.16. The summed E-state index contributed by atoms with van der Waals surface area (Å²) in [5.41, 5.74) is 5.80. The molecule has 0 aliphatic rings. The van der Waals surface area contributed by atoms with Gasteiger partial charge in [-0.3, -0.25) is 0 Å². The topological polar surface area (TPSA) is 18.1 Å². The summed E-state index contributed by atoms with van der Waals surface area (Å²) >= 11 is 0. The van der Waals surface area contributed by atoms with Crippen LogP contribution in [-0.2, 0) is 12.5 Å². The molecule has 0 saturated heterocycles. The fourth-order valence-corrected chi connectivity index (χ4v) is 4.20. The van der Waals surface area contributed by atoms with Gasteiger partial charge < -0.3 is 8.98 Å². The summed E-state index contributed by atoms with van der Waals surface area (Å²) in [6, 6.07) is 19.3. The average Bonchev–Trinajstić information content (AvgIpc) is 3.09. The van der Waals surface area contributed by atoms with Crippen LogP contribution >= 0.6 is 0 Å². The van der Waals surface area contributed by atoms with E-state index in [9.17, 15) is 0 Å². The second-order valence-electron chi connectivity index (χ2n) is 7.95. The first kappa shape index (κ1) is 14.6. The van der Waals surface area contributed by atoms with Gasteiger partial charge in [-0.25, -0.2) is 0 Å². The number of aromatic nitrogens is 1. The number of hydrogen-bond acceptors (Lipinski definition) is 1. The first-order chi connectivity index (χ1) is 12.0. The van der Waals surface area contributed by atoms with Crippen LogP contribution < -0.4 is 0 Å². The summed E-state index contributed by atoms with van der Waals surface area (Å²) in [7, 11) is 2.16. The Bertz CT molecular complexity index is 1280. The third-order valence-corrected chi connectivity index (χ3v) is 5.29. The standard InChI is InChI=1S/C23H21NO/c1-23(2,3)21-20-15-10-5-7-11-17(15)24(4)18(20)13-16-14-9-6-8-12-19(14)25-22(16)21/h5-13H,1-4H3. The Hall–Kier alpha value is -2.74. The molecule has 2 heteroatoms.